The highest BCUT2D eigenvalue weighted by Gasteiger charge is 2.15. The van der Waals surface area contributed by atoms with Crippen LogP contribution in [0.3, 0.4) is 0 Å². The van der Waals surface area contributed by atoms with Crippen LogP contribution in [0.2, 0.25) is 5.02 Å². The van der Waals surface area contributed by atoms with Crippen molar-refractivity contribution in [2.45, 2.75) is 25.7 Å². The zero-order valence-electron chi connectivity index (χ0n) is 8.66. The molecule has 0 aromatic carbocycles. The van der Waals surface area contributed by atoms with E-state index < -0.39 is 0 Å². The first-order valence-corrected chi connectivity index (χ1v) is 5.47. The number of carbonyl (C=O) groups is 1. The second kappa shape index (κ2) is 4.19. The monoisotopic (exact) mass is 224 g/mol. The first-order chi connectivity index (χ1) is 7.18. The van der Waals surface area contributed by atoms with Crippen LogP contribution in [0.15, 0.2) is 12.3 Å². The van der Waals surface area contributed by atoms with E-state index in [0.29, 0.717) is 11.4 Å². The number of aryl methyl sites for hydroxylation is 1. The molecule has 0 fully saturated rings. The lowest BCUT2D eigenvalue weighted by molar-refractivity contribution is -0.114. The zero-order chi connectivity index (χ0) is 10.8. The Morgan fingerprint density at radius 2 is 2.13 bits per heavy atom. The Morgan fingerprint density at radius 3 is 2.80 bits per heavy atom. The summed E-state index contributed by atoms with van der Waals surface area (Å²) in [6, 6.07) is 0. The van der Waals surface area contributed by atoms with Crippen molar-refractivity contribution in [1.82, 2.24) is 9.78 Å². The summed E-state index contributed by atoms with van der Waals surface area (Å²) in [7, 11) is 1.84. The van der Waals surface area contributed by atoms with Crippen molar-refractivity contribution in [1.29, 1.82) is 0 Å². The Morgan fingerprint density at radius 1 is 1.40 bits per heavy atom. The van der Waals surface area contributed by atoms with Gasteiger partial charge >= 0.3 is 0 Å². The predicted molar refractivity (Wildman–Crippen MR) is 59.7 cm³/mol. The van der Waals surface area contributed by atoms with E-state index >= 15 is 0 Å². The van der Waals surface area contributed by atoms with Gasteiger partial charge in [-0.2, -0.15) is 5.10 Å². The quantitative estimate of drug-likeness (QED) is 0.735. The SMILES string of the molecule is Cn1ncc(Cl)c1C1=CC(=O)CCCC1. The summed E-state index contributed by atoms with van der Waals surface area (Å²) in [5.74, 6) is 0.194. The number of halogens is 1. The zero-order valence-corrected chi connectivity index (χ0v) is 9.42. The molecule has 0 aliphatic heterocycles. The smallest absolute Gasteiger partial charge is 0.156 e. The van der Waals surface area contributed by atoms with Gasteiger partial charge in [0.15, 0.2) is 5.78 Å². The maximum atomic E-state index is 11.5. The van der Waals surface area contributed by atoms with Gasteiger partial charge in [0.05, 0.1) is 16.9 Å². The molecule has 1 aliphatic rings. The van der Waals surface area contributed by atoms with Crippen LogP contribution in [-0.2, 0) is 11.8 Å². The Balaban J connectivity index is 2.41. The Labute approximate surface area is 93.7 Å². The maximum Gasteiger partial charge on any atom is 0.156 e. The number of carbonyl (C=O) groups excluding carboxylic acids is 1. The molecule has 0 atom stereocenters. The summed E-state index contributed by atoms with van der Waals surface area (Å²) < 4.78 is 1.73. The van der Waals surface area contributed by atoms with Crippen LogP contribution in [-0.4, -0.2) is 15.6 Å². The van der Waals surface area contributed by atoms with Gasteiger partial charge in [0, 0.05) is 13.5 Å². The highest BCUT2D eigenvalue weighted by molar-refractivity contribution is 6.32. The molecule has 0 radical (unpaired) electrons. The van der Waals surface area contributed by atoms with Gasteiger partial charge in [0.2, 0.25) is 0 Å². The molecule has 4 heteroatoms. The molecule has 0 amide bonds. The number of rotatable bonds is 1. The second-order valence-electron chi connectivity index (χ2n) is 3.81. The third-order valence-corrected chi connectivity index (χ3v) is 2.93. The number of hydrogen-bond donors (Lipinski definition) is 0. The molecule has 1 heterocycles. The van der Waals surface area contributed by atoms with Crippen molar-refractivity contribution >= 4 is 23.0 Å². The largest absolute Gasteiger partial charge is 0.295 e. The summed E-state index contributed by atoms with van der Waals surface area (Å²) in [4.78, 5) is 11.5. The summed E-state index contributed by atoms with van der Waals surface area (Å²) in [6.07, 6.45) is 6.90. The number of aromatic nitrogens is 2. The Kier molecular flexibility index (Phi) is 2.91. The van der Waals surface area contributed by atoms with Crippen LogP contribution in [0.5, 0.6) is 0 Å². The third-order valence-electron chi connectivity index (χ3n) is 2.65. The van der Waals surface area contributed by atoms with Crippen molar-refractivity contribution in [3.8, 4) is 0 Å². The van der Waals surface area contributed by atoms with E-state index in [1.54, 1.807) is 17.0 Å². The summed E-state index contributed by atoms with van der Waals surface area (Å²) in [5, 5.41) is 4.70. The fourth-order valence-electron chi connectivity index (χ4n) is 1.91. The van der Waals surface area contributed by atoms with E-state index in [0.717, 1.165) is 30.5 Å². The molecular formula is C11H13ClN2O. The maximum absolute atomic E-state index is 11.5. The van der Waals surface area contributed by atoms with Crippen molar-refractivity contribution in [3.05, 3.63) is 23.0 Å². The number of ketones is 1. The summed E-state index contributed by atoms with van der Waals surface area (Å²) >= 11 is 6.04. The van der Waals surface area contributed by atoms with Crippen LogP contribution in [0.4, 0.5) is 0 Å². The molecule has 0 N–H and O–H groups in total. The summed E-state index contributed by atoms with van der Waals surface area (Å²) in [5.41, 5.74) is 1.90. The topological polar surface area (TPSA) is 34.9 Å². The van der Waals surface area contributed by atoms with Gasteiger partial charge < -0.3 is 0 Å². The normalized spacial score (nSPS) is 17.5. The van der Waals surface area contributed by atoms with Crippen LogP contribution >= 0.6 is 11.6 Å². The molecule has 1 aromatic rings. The van der Waals surface area contributed by atoms with E-state index in [2.05, 4.69) is 5.10 Å². The average Bonchev–Trinajstić information content (AvgIpc) is 2.40. The van der Waals surface area contributed by atoms with Crippen LogP contribution < -0.4 is 0 Å². The molecule has 15 heavy (non-hydrogen) atoms. The molecule has 80 valence electrons. The van der Waals surface area contributed by atoms with Gasteiger partial charge in [0.1, 0.15) is 0 Å². The number of allylic oxidation sites excluding steroid dienone is 2. The van der Waals surface area contributed by atoms with Crippen LogP contribution in [0.1, 0.15) is 31.4 Å². The van der Waals surface area contributed by atoms with Gasteiger partial charge in [-0.3, -0.25) is 9.48 Å². The number of nitrogens with zero attached hydrogens (tertiary/aromatic N) is 2. The Bertz CT molecular complexity index is 401. The third kappa shape index (κ3) is 2.12. The summed E-state index contributed by atoms with van der Waals surface area (Å²) in [6.45, 7) is 0. The fourth-order valence-corrected chi connectivity index (χ4v) is 2.20. The van der Waals surface area contributed by atoms with E-state index in [1.165, 1.54) is 0 Å². The highest BCUT2D eigenvalue weighted by atomic mass is 35.5. The van der Waals surface area contributed by atoms with E-state index in [9.17, 15) is 4.79 Å². The van der Waals surface area contributed by atoms with Gasteiger partial charge in [-0.15, -0.1) is 0 Å². The van der Waals surface area contributed by atoms with E-state index in [-0.39, 0.29) is 5.78 Å². The first-order valence-electron chi connectivity index (χ1n) is 5.10. The minimum absolute atomic E-state index is 0.194. The minimum atomic E-state index is 0.194. The average molecular weight is 225 g/mol. The van der Waals surface area contributed by atoms with Crippen LogP contribution in [0.25, 0.3) is 5.57 Å². The molecule has 0 saturated carbocycles. The van der Waals surface area contributed by atoms with E-state index in [1.807, 2.05) is 7.05 Å². The fraction of sp³-hybridized carbons (Fsp3) is 0.455. The molecule has 1 aromatic heterocycles. The van der Waals surface area contributed by atoms with Crippen molar-refractivity contribution in [2.75, 3.05) is 0 Å². The lowest BCUT2D eigenvalue weighted by Gasteiger charge is -2.05. The highest BCUT2D eigenvalue weighted by Crippen LogP contribution is 2.29. The lowest BCUT2D eigenvalue weighted by atomic mass is 10.1. The lowest BCUT2D eigenvalue weighted by Crippen LogP contribution is -1.99. The van der Waals surface area contributed by atoms with Gasteiger partial charge in [-0.25, -0.2) is 0 Å². The van der Waals surface area contributed by atoms with Gasteiger partial charge in [-0.1, -0.05) is 11.6 Å². The minimum Gasteiger partial charge on any atom is -0.295 e. The van der Waals surface area contributed by atoms with E-state index in [4.69, 9.17) is 11.6 Å². The predicted octanol–water partition coefficient (Wildman–Crippen LogP) is 2.60. The number of hydrogen-bond acceptors (Lipinski definition) is 2. The molecule has 3 nitrogen and oxygen atoms in total. The Hall–Kier alpha value is -1.09. The molecule has 2 rings (SSSR count). The second-order valence-corrected chi connectivity index (χ2v) is 4.21. The molecule has 0 saturated heterocycles. The first kappa shape index (κ1) is 10.4. The molecule has 0 unspecified atom stereocenters. The molecule has 1 aliphatic carbocycles. The van der Waals surface area contributed by atoms with Crippen molar-refractivity contribution in [2.24, 2.45) is 7.05 Å². The van der Waals surface area contributed by atoms with Crippen LogP contribution in [0, 0.1) is 0 Å². The van der Waals surface area contributed by atoms with Gasteiger partial charge in [-0.05, 0) is 30.9 Å². The van der Waals surface area contributed by atoms with Crippen molar-refractivity contribution < 1.29 is 4.79 Å². The molecule has 0 spiro atoms. The van der Waals surface area contributed by atoms with Gasteiger partial charge in [0.25, 0.3) is 0 Å². The molecule has 0 bridgehead atoms. The van der Waals surface area contributed by atoms with Crippen molar-refractivity contribution in [3.63, 3.8) is 0 Å². The molecular weight excluding hydrogens is 212 g/mol. The standard InChI is InChI=1S/C11H13ClN2O/c1-14-11(10(12)7-13-14)8-4-2-3-5-9(15)6-8/h6-7H,2-5H2,1H3.